The average molecular weight is 351 g/mol. The van der Waals surface area contributed by atoms with Crippen molar-refractivity contribution in [2.75, 3.05) is 26.2 Å². The largest absolute Gasteiger partial charge is 0.391 e. The molecule has 1 aromatic rings. The Morgan fingerprint density at radius 1 is 1.20 bits per heavy atom. The summed E-state index contributed by atoms with van der Waals surface area (Å²) in [4.78, 5) is 33.4. The first-order chi connectivity index (χ1) is 12.0. The van der Waals surface area contributed by atoms with Crippen molar-refractivity contribution >= 4 is 17.6 Å². The average Bonchev–Trinajstić information content (AvgIpc) is 3.01. The lowest BCUT2D eigenvalue weighted by Gasteiger charge is -2.14. The molecule has 1 aromatic carbocycles. The molecule has 0 aliphatic carbocycles. The number of urea groups is 1. The van der Waals surface area contributed by atoms with E-state index in [1.807, 2.05) is 0 Å². The van der Waals surface area contributed by atoms with Crippen LogP contribution in [-0.4, -0.2) is 54.3 Å². The highest BCUT2D eigenvalue weighted by atomic mass is 16.6. The predicted octanol–water partition coefficient (Wildman–Crippen LogP) is -0.909. The monoisotopic (exact) mass is 351 g/mol. The van der Waals surface area contributed by atoms with Crippen LogP contribution in [0.15, 0.2) is 24.3 Å². The van der Waals surface area contributed by atoms with E-state index in [1.54, 1.807) is 12.1 Å². The van der Waals surface area contributed by atoms with E-state index < -0.39 is 17.1 Å². The number of nitro benzene ring substituents is 1. The van der Waals surface area contributed by atoms with Crippen molar-refractivity contribution < 1.29 is 19.6 Å². The number of nitrogens with zero attached hydrogens (tertiary/aromatic N) is 1. The zero-order chi connectivity index (χ0) is 18.2. The third-order valence-corrected chi connectivity index (χ3v) is 3.88. The van der Waals surface area contributed by atoms with E-state index >= 15 is 0 Å². The van der Waals surface area contributed by atoms with Crippen LogP contribution in [0.4, 0.5) is 10.5 Å². The molecule has 5 N–H and O–H groups in total. The number of benzene rings is 1. The van der Waals surface area contributed by atoms with Crippen LogP contribution in [0.1, 0.15) is 5.56 Å². The Kier molecular flexibility index (Phi) is 6.66. The van der Waals surface area contributed by atoms with Crippen LogP contribution < -0.4 is 21.3 Å². The number of rotatable bonds is 7. The van der Waals surface area contributed by atoms with Gasteiger partial charge in [-0.25, -0.2) is 4.79 Å². The minimum atomic E-state index is -0.518. The molecule has 2 unspecified atom stereocenters. The van der Waals surface area contributed by atoms with Gasteiger partial charge in [0.05, 0.1) is 17.6 Å². The number of amides is 3. The second-order valence-corrected chi connectivity index (χ2v) is 5.75. The molecule has 0 spiro atoms. The Hall–Kier alpha value is -2.72. The van der Waals surface area contributed by atoms with Crippen LogP contribution in [-0.2, 0) is 11.3 Å². The summed E-state index contributed by atoms with van der Waals surface area (Å²) in [6.07, 6.45) is -0.474. The van der Waals surface area contributed by atoms with Crippen molar-refractivity contribution in [3.05, 3.63) is 39.9 Å². The molecule has 0 aromatic heterocycles. The molecule has 1 aliphatic rings. The summed E-state index contributed by atoms with van der Waals surface area (Å²) in [5.41, 5.74) is 0.681. The van der Waals surface area contributed by atoms with Crippen LogP contribution in [0.5, 0.6) is 0 Å². The molecule has 0 radical (unpaired) electrons. The molecule has 10 heteroatoms. The van der Waals surface area contributed by atoms with Gasteiger partial charge in [0.1, 0.15) is 0 Å². The van der Waals surface area contributed by atoms with Crippen LogP contribution in [0.25, 0.3) is 0 Å². The van der Waals surface area contributed by atoms with Gasteiger partial charge in [0.15, 0.2) is 0 Å². The molecule has 1 fully saturated rings. The van der Waals surface area contributed by atoms with Gasteiger partial charge in [0.25, 0.3) is 5.69 Å². The van der Waals surface area contributed by atoms with Gasteiger partial charge in [-0.05, 0) is 5.56 Å². The molecular formula is C15H21N5O5. The number of carbonyl (C=O) groups is 2. The van der Waals surface area contributed by atoms with Crippen molar-refractivity contribution in [1.82, 2.24) is 21.3 Å². The Morgan fingerprint density at radius 3 is 2.52 bits per heavy atom. The number of aliphatic hydroxyl groups is 1. The molecule has 0 bridgehead atoms. The van der Waals surface area contributed by atoms with Crippen LogP contribution in [0, 0.1) is 16.0 Å². The van der Waals surface area contributed by atoms with Gasteiger partial charge in [-0.1, -0.05) is 12.1 Å². The standard InChI is InChI=1S/C15H21N5O5/c21-13-8-16-6-11(13)7-17-14(22)9-19-15(23)18-5-10-1-3-12(4-2-10)20(24)25/h1-4,11,13,16,21H,5-9H2,(H,17,22)(H2,18,19,23). The summed E-state index contributed by atoms with van der Waals surface area (Å²) in [5, 5.41) is 30.8. The smallest absolute Gasteiger partial charge is 0.315 e. The number of nitro groups is 1. The van der Waals surface area contributed by atoms with E-state index in [9.17, 15) is 24.8 Å². The quantitative estimate of drug-likeness (QED) is 0.318. The fourth-order valence-corrected chi connectivity index (χ4v) is 2.38. The number of nitrogens with one attached hydrogen (secondary N) is 4. The number of hydrogen-bond donors (Lipinski definition) is 5. The van der Waals surface area contributed by atoms with Gasteiger partial charge in [-0.15, -0.1) is 0 Å². The van der Waals surface area contributed by atoms with Crippen LogP contribution >= 0.6 is 0 Å². The first kappa shape index (κ1) is 18.6. The minimum Gasteiger partial charge on any atom is -0.391 e. The Balaban J connectivity index is 1.63. The summed E-state index contributed by atoms with van der Waals surface area (Å²) in [7, 11) is 0. The zero-order valence-electron chi connectivity index (χ0n) is 13.5. The summed E-state index contributed by atoms with van der Waals surface area (Å²) in [6.45, 7) is 1.52. The van der Waals surface area contributed by atoms with Gasteiger partial charge >= 0.3 is 6.03 Å². The van der Waals surface area contributed by atoms with Crippen molar-refractivity contribution in [2.45, 2.75) is 12.6 Å². The van der Waals surface area contributed by atoms with E-state index in [0.717, 1.165) is 0 Å². The number of aliphatic hydroxyl groups excluding tert-OH is 1. The lowest BCUT2D eigenvalue weighted by Crippen LogP contribution is -2.43. The lowest BCUT2D eigenvalue weighted by molar-refractivity contribution is -0.384. The Bertz CT molecular complexity index is 621. The predicted molar refractivity (Wildman–Crippen MR) is 88.7 cm³/mol. The van der Waals surface area contributed by atoms with Crippen LogP contribution in [0.2, 0.25) is 0 Å². The summed E-state index contributed by atoms with van der Waals surface area (Å²) >= 11 is 0. The minimum absolute atomic E-state index is 0.0209. The SMILES string of the molecule is O=C(CNC(=O)NCc1ccc([N+](=O)[O-])cc1)NCC1CNCC1O. The highest BCUT2D eigenvalue weighted by molar-refractivity contribution is 5.83. The van der Waals surface area contributed by atoms with Crippen molar-refractivity contribution in [3.63, 3.8) is 0 Å². The summed E-state index contributed by atoms with van der Waals surface area (Å²) in [5.74, 6) is -0.371. The number of hydrogen-bond acceptors (Lipinski definition) is 6. The maximum Gasteiger partial charge on any atom is 0.315 e. The first-order valence-electron chi connectivity index (χ1n) is 7.86. The number of β-amino-alcohol motifs (C(OH)–C–C–N with tert-alkyl or cyclic N) is 1. The summed E-state index contributed by atoms with van der Waals surface area (Å²) in [6, 6.07) is 5.29. The molecular weight excluding hydrogens is 330 g/mol. The van der Waals surface area contributed by atoms with Crippen molar-refractivity contribution in [2.24, 2.45) is 5.92 Å². The molecule has 1 heterocycles. The Labute approximate surface area is 144 Å². The molecule has 1 aliphatic heterocycles. The van der Waals surface area contributed by atoms with Gasteiger partial charge < -0.3 is 26.4 Å². The molecule has 2 atom stereocenters. The molecule has 2 rings (SSSR count). The lowest BCUT2D eigenvalue weighted by atomic mass is 10.1. The fourth-order valence-electron chi connectivity index (χ4n) is 2.38. The second kappa shape index (κ2) is 8.94. The molecule has 0 saturated carbocycles. The van der Waals surface area contributed by atoms with E-state index in [1.165, 1.54) is 12.1 Å². The molecule has 25 heavy (non-hydrogen) atoms. The molecule has 10 nitrogen and oxygen atoms in total. The van der Waals surface area contributed by atoms with E-state index in [2.05, 4.69) is 21.3 Å². The highest BCUT2D eigenvalue weighted by Gasteiger charge is 2.24. The maximum atomic E-state index is 11.7. The van der Waals surface area contributed by atoms with Crippen LogP contribution in [0.3, 0.4) is 0 Å². The van der Waals surface area contributed by atoms with Gasteiger partial charge in [-0.2, -0.15) is 0 Å². The second-order valence-electron chi connectivity index (χ2n) is 5.75. The van der Waals surface area contributed by atoms with Gasteiger partial charge in [0, 0.05) is 44.2 Å². The summed E-state index contributed by atoms with van der Waals surface area (Å²) < 4.78 is 0. The van der Waals surface area contributed by atoms with E-state index in [4.69, 9.17) is 0 Å². The number of carbonyl (C=O) groups excluding carboxylic acids is 2. The zero-order valence-corrected chi connectivity index (χ0v) is 13.5. The normalized spacial score (nSPS) is 19.2. The third-order valence-electron chi connectivity index (χ3n) is 3.88. The van der Waals surface area contributed by atoms with Gasteiger partial charge in [-0.3, -0.25) is 14.9 Å². The maximum absolute atomic E-state index is 11.7. The van der Waals surface area contributed by atoms with E-state index in [0.29, 0.717) is 25.2 Å². The molecule has 1 saturated heterocycles. The van der Waals surface area contributed by atoms with Crippen molar-refractivity contribution in [3.8, 4) is 0 Å². The molecule has 136 valence electrons. The third kappa shape index (κ3) is 6.01. The van der Waals surface area contributed by atoms with Gasteiger partial charge in [0.2, 0.25) is 5.91 Å². The molecule has 3 amide bonds. The van der Waals surface area contributed by atoms with E-state index in [-0.39, 0.29) is 30.6 Å². The van der Waals surface area contributed by atoms with Crippen molar-refractivity contribution in [1.29, 1.82) is 0 Å². The Morgan fingerprint density at radius 2 is 1.92 bits per heavy atom. The highest BCUT2D eigenvalue weighted by Crippen LogP contribution is 2.11. The number of non-ortho nitro benzene ring substituents is 1. The fraction of sp³-hybridized carbons (Fsp3) is 0.467. The topological polar surface area (TPSA) is 146 Å². The first-order valence-corrected chi connectivity index (χ1v) is 7.86.